The SMILES string of the molecule is O=C(N=Nc1c(O)[nH]c2c(Br)cccc12)c1ccccc1. The standard InChI is InChI=1S/C15H10BrN3O2/c16-11-8-4-7-10-12(11)17-15(21)13(10)18-19-14(20)9-5-2-1-3-6-9/h1-8,17,21H. The van der Waals surface area contributed by atoms with E-state index >= 15 is 0 Å². The molecular weight excluding hydrogens is 334 g/mol. The van der Waals surface area contributed by atoms with Crippen molar-refractivity contribution in [2.75, 3.05) is 0 Å². The van der Waals surface area contributed by atoms with E-state index in [0.29, 0.717) is 16.5 Å². The number of para-hydroxylation sites is 1. The maximum Gasteiger partial charge on any atom is 0.295 e. The molecule has 5 nitrogen and oxygen atoms in total. The number of azo groups is 1. The lowest BCUT2D eigenvalue weighted by Gasteiger charge is -1.94. The fourth-order valence-electron chi connectivity index (χ4n) is 1.99. The molecule has 1 aromatic heterocycles. The molecular formula is C15H10BrN3O2. The number of halogens is 1. The largest absolute Gasteiger partial charge is 0.493 e. The van der Waals surface area contributed by atoms with Gasteiger partial charge in [0.15, 0.2) is 5.69 Å². The highest BCUT2D eigenvalue weighted by Gasteiger charge is 2.13. The number of rotatable bonds is 2. The number of benzene rings is 2. The van der Waals surface area contributed by atoms with Gasteiger partial charge in [-0.05, 0) is 34.1 Å². The van der Waals surface area contributed by atoms with Crippen molar-refractivity contribution in [1.82, 2.24) is 4.98 Å². The predicted molar refractivity (Wildman–Crippen MR) is 83.0 cm³/mol. The lowest BCUT2D eigenvalue weighted by Crippen LogP contribution is -1.91. The Hall–Kier alpha value is -2.47. The molecule has 2 N–H and O–H groups in total. The van der Waals surface area contributed by atoms with E-state index in [1.165, 1.54) is 0 Å². The van der Waals surface area contributed by atoms with Gasteiger partial charge in [0.05, 0.1) is 5.52 Å². The van der Waals surface area contributed by atoms with Crippen LogP contribution >= 0.6 is 15.9 Å². The Kier molecular flexibility index (Phi) is 3.53. The number of carbonyl (C=O) groups is 1. The molecule has 3 rings (SSSR count). The first-order valence-electron chi connectivity index (χ1n) is 6.17. The molecule has 0 saturated heterocycles. The topological polar surface area (TPSA) is 77.8 Å². The zero-order valence-electron chi connectivity index (χ0n) is 10.7. The summed E-state index contributed by atoms with van der Waals surface area (Å²) < 4.78 is 0.797. The van der Waals surface area contributed by atoms with Crippen molar-refractivity contribution in [1.29, 1.82) is 0 Å². The van der Waals surface area contributed by atoms with Crippen LogP contribution in [-0.2, 0) is 0 Å². The summed E-state index contributed by atoms with van der Waals surface area (Å²) in [5, 5.41) is 18.1. The van der Waals surface area contributed by atoms with Gasteiger partial charge in [0.1, 0.15) is 0 Å². The summed E-state index contributed by atoms with van der Waals surface area (Å²) >= 11 is 3.38. The van der Waals surface area contributed by atoms with Gasteiger partial charge in [0, 0.05) is 15.4 Å². The summed E-state index contributed by atoms with van der Waals surface area (Å²) in [7, 11) is 0. The van der Waals surface area contributed by atoms with Crippen LogP contribution in [0.1, 0.15) is 10.4 Å². The van der Waals surface area contributed by atoms with E-state index in [2.05, 4.69) is 31.1 Å². The Morgan fingerprint density at radius 2 is 1.86 bits per heavy atom. The van der Waals surface area contributed by atoms with Gasteiger partial charge >= 0.3 is 0 Å². The van der Waals surface area contributed by atoms with Gasteiger partial charge in [-0.15, -0.1) is 10.2 Å². The van der Waals surface area contributed by atoms with Crippen LogP contribution in [0.25, 0.3) is 10.9 Å². The number of nitrogens with zero attached hydrogens (tertiary/aromatic N) is 2. The Balaban J connectivity index is 1.99. The van der Waals surface area contributed by atoms with Crippen LogP contribution in [0.3, 0.4) is 0 Å². The summed E-state index contributed by atoms with van der Waals surface area (Å²) in [6, 6.07) is 14.1. The fraction of sp³-hybridized carbons (Fsp3) is 0. The first kappa shape index (κ1) is 13.5. The Morgan fingerprint density at radius 1 is 1.10 bits per heavy atom. The first-order chi connectivity index (χ1) is 10.2. The summed E-state index contributed by atoms with van der Waals surface area (Å²) in [5.74, 6) is -0.583. The van der Waals surface area contributed by atoms with E-state index in [9.17, 15) is 9.90 Å². The number of aromatic hydroxyl groups is 1. The van der Waals surface area contributed by atoms with Crippen molar-refractivity contribution in [3.8, 4) is 5.88 Å². The summed E-state index contributed by atoms with van der Waals surface area (Å²) in [6.45, 7) is 0. The van der Waals surface area contributed by atoms with Crippen molar-refractivity contribution in [3.05, 3.63) is 58.6 Å². The highest BCUT2D eigenvalue weighted by atomic mass is 79.9. The predicted octanol–water partition coefficient (Wildman–Crippen LogP) is 4.56. The molecule has 0 bridgehead atoms. The van der Waals surface area contributed by atoms with E-state index in [0.717, 1.165) is 4.47 Å². The van der Waals surface area contributed by atoms with Crippen LogP contribution in [0.2, 0.25) is 0 Å². The third-order valence-corrected chi connectivity index (χ3v) is 3.66. The monoisotopic (exact) mass is 343 g/mol. The average Bonchev–Trinajstić information content (AvgIpc) is 2.83. The lowest BCUT2D eigenvalue weighted by molar-refractivity contribution is 0.0995. The van der Waals surface area contributed by atoms with Crippen molar-refractivity contribution in [2.24, 2.45) is 10.2 Å². The molecule has 0 aliphatic heterocycles. The molecule has 104 valence electrons. The van der Waals surface area contributed by atoms with Crippen LogP contribution in [0.15, 0.2) is 63.2 Å². The second kappa shape index (κ2) is 5.49. The minimum Gasteiger partial charge on any atom is -0.493 e. The van der Waals surface area contributed by atoms with E-state index in [1.807, 2.05) is 18.2 Å². The normalized spacial score (nSPS) is 11.3. The van der Waals surface area contributed by atoms with Gasteiger partial charge in [0.2, 0.25) is 5.88 Å². The van der Waals surface area contributed by atoms with Gasteiger partial charge in [-0.25, -0.2) is 0 Å². The summed E-state index contributed by atoms with van der Waals surface area (Å²) in [6.07, 6.45) is 0. The van der Waals surface area contributed by atoms with Crippen LogP contribution < -0.4 is 0 Å². The van der Waals surface area contributed by atoms with E-state index in [-0.39, 0.29) is 11.6 Å². The Labute approximate surface area is 128 Å². The number of carbonyl (C=O) groups excluding carboxylic acids is 1. The summed E-state index contributed by atoms with van der Waals surface area (Å²) in [4.78, 5) is 14.7. The van der Waals surface area contributed by atoms with Gasteiger partial charge in [-0.3, -0.25) is 4.79 Å². The number of hydrogen-bond acceptors (Lipinski definition) is 3. The second-order valence-corrected chi connectivity index (χ2v) is 5.21. The molecule has 0 atom stereocenters. The fourth-order valence-corrected chi connectivity index (χ4v) is 2.45. The van der Waals surface area contributed by atoms with Crippen molar-refractivity contribution < 1.29 is 9.90 Å². The zero-order valence-corrected chi connectivity index (χ0v) is 12.3. The number of amides is 1. The number of hydrogen-bond donors (Lipinski definition) is 2. The van der Waals surface area contributed by atoms with Gasteiger partial charge in [-0.2, -0.15) is 0 Å². The highest BCUT2D eigenvalue weighted by molar-refractivity contribution is 9.10. The van der Waals surface area contributed by atoms with Crippen LogP contribution in [0, 0.1) is 0 Å². The van der Waals surface area contributed by atoms with Crippen molar-refractivity contribution >= 4 is 38.4 Å². The molecule has 0 unspecified atom stereocenters. The zero-order chi connectivity index (χ0) is 14.8. The number of nitrogens with one attached hydrogen (secondary N) is 1. The minimum atomic E-state index is -0.459. The molecule has 0 spiro atoms. The molecule has 21 heavy (non-hydrogen) atoms. The maximum atomic E-state index is 11.9. The first-order valence-corrected chi connectivity index (χ1v) is 6.96. The molecule has 0 aliphatic rings. The minimum absolute atomic E-state index is 0.124. The molecule has 0 radical (unpaired) electrons. The van der Waals surface area contributed by atoms with E-state index in [4.69, 9.17) is 0 Å². The molecule has 2 aromatic carbocycles. The third-order valence-electron chi connectivity index (χ3n) is 3.00. The van der Waals surface area contributed by atoms with Crippen LogP contribution in [-0.4, -0.2) is 16.0 Å². The quantitative estimate of drug-likeness (QED) is 0.669. The molecule has 6 heteroatoms. The Morgan fingerprint density at radius 3 is 2.62 bits per heavy atom. The third kappa shape index (κ3) is 2.57. The number of fused-ring (bicyclic) bond motifs is 1. The molecule has 3 aromatic rings. The van der Waals surface area contributed by atoms with Crippen LogP contribution in [0.5, 0.6) is 5.88 Å². The van der Waals surface area contributed by atoms with Crippen LogP contribution in [0.4, 0.5) is 5.69 Å². The number of H-pyrrole nitrogens is 1. The molecule has 0 saturated carbocycles. The van der Waals surface area contributed by atoms with Gasteiger partial charge in [-0.1, -0.05) is 30.3 Å². The van der Waals surface area contributed by atoms with Crippen molar-refractivity contribution in [2.45, 2.75) is 0 Å². The molecule has 1 heterocycles. The summed E-state index contributed by atoms with van der Waals surface area (Å²) in [5.41, 5.74) is 1.40. The van der Waals surface area contributed by atoms with E-state index in [1.54, 1.807) is 30.3 Å². The Bertz CT molecular complexity index is 841. The smallest absolute Gasteiger partial charge is 0.295 e. The number of aromatic nitrogens is 1. The molecule has 0 aliphatic carbocycles. The average molecular weight is 344 g/mol. The maximum absolute atomic E-state index is 11.9. The lowest BCUT2D eigenvalue weighted by atomic mass is 10.2. The van der Waals surface area contributed by atoms with Gasteiger partial charge < -0.3 is 10.1 Å². The van der Waals surface area contributed by atoms with E-state index < -0.39 is 5.91 Å². The van der Waals surface area contributed by atoms with Gasteiger partial charge in [0.25, 0.3) is 5.91 Å². The van der Waals surface area contributed by atoms with Crippen molar-refractivity contribution in [3.63, 3.8) is 0 Å². The molecule has 0 fully saturated rings. The molecule has 1 amide bonds. The number of aromatic amines is 1. The second-order valence-electron chi connectivity index (χ2n) is 4.36. The highest BCUT2D eigenvalue weighted by Crippen LogP contribution is 2.38.